The maximum atomic E-state index is 12.7. The molecule has 4 heteroatoms. The van der Waals surface area contributed by atoms with Crippen LogP contribution < -0.4 is 10.6 Å². The van der Waals surface area contributed by atoms with Crippen LogP contribution in [0, 0.1) is 6.92 Å². The van der Waals surface area contributed by atoms with Gasteiger partial charge in [-0.2, -0.15) is 0 Å². The van der Waals surface area contributed by atoms with Gasteiger partial charge in [0, 0.05) is 11.1 Å². The third kappa shape index (κ3) is 2.51. The standard InChI is InChI=1S/C17H21N3O/c1-3-17(9-6-10-18-17)16(21)20-15-11-12(2)19-14-8-5-4-7-13(14)15/h4-5,7-8,11,18H,3,6,9-10H2,1-2H3,(H,19,20,21). The van der Waals surface area contributed by atoms with Gasteiger partial charge in [-0.15, -0.1) is 0 Å². The molecule has 1 aliphatic rings. The summed E-state index contributed by atoms with van der Waals surface area (Å²) in [4.78, 5) is 17.2. The van der Waals surface area contributed by atoms with E-state index in [9.17, 15) is 4.79 Å². The lowest BCUT2D eigenvalue weighted by molar-refractivity contribution is -0.122. The van der Waals surface area contributed by atoms with E-state index < -0.39 is 5.54 Å². The highest BCUT2D eigenvalue weighted by Gasteiger charge is 2.39. The van der Waals surface area contributed by atoms with E-state index >= 15 is 0 Å². The molecule has 21 heavy (non-hydrogen) atoms. The van der Waals surface area contributed by atoms with Crippen molar-refractivity contribution in [3.63, 3.8) is 0 Å². The molecule has 1 atom stereocenters. The molecule has 0 spiro atoms. The molecular formula is C17H21N3O. The molecule has 1 aromatic heterocycles. The lowest BCUT2D eigenvalue weighted by Crippen LogP contribution is -2.50. The van der Waals surface area contributed by atoms with Crippen molar-refractivity contribution in [3.8, 4) is 0 Å². The summed E-state index contributed by atoms with van der Waals surface area (Å²) < 4.78 is 0. The summed E-state index contributed by atoms with van der Waals surface area (Å²) in [6, 6.07) is 9.85. The summed E-state index contributed by atoms with van der Waals surface area (Å²) in [5.41, 5.74) is 2.26. The molecule has 2 N–H and O–H groups in total. The van der Waals surface area contributed by atoms with Gasteiger partial charge in [0.15, 0.2) is 0 Å². The third-order valence-electron chi connectivity index (χ3n) is 4.37. The first-order chi connectivity index (χ1) is 10.1. The SMILES string of the molecule is CCC1(C(=O)Nc2cc(C)nc3ccccc23)CCCN1. The Morgan fingerprint density at radius 1 is 1.43 bits per heavy atom. The molecule has 3 rings (SSSR count). The number of amides is 1. The monoisotopic (exact) mass is 283 g/mol. The number of benzene rings is 1. The van der Waals surface area contributed by atoms with E-state index in [-0.39, 0.29) is 5.91 Å². The van der Waals surface area contributed by atoms with Crippen LogP contribution in [-0.4, -0.2) is 23.0 Å². The summed E-state index contributed by atoms with van der Waals surface area (Å²) in [6.45, 7) is 4.93. The Balaban J connectivity index is 1.96. The second-order valence-electron chi connectivity index (χ2n) is 5.75. The van der Waals surface area contributed by atoms with Crippen LogP contribution in [0.1, 0.15) is 31.9 Å². The molecule has 1 saturated heterocycles. The first-order valence-corrected chi connectivity index (χ1v) is 7.57. The zero-order chi connectivity index (χ0) is 14.9. The van der Waals surface area contributed by atoms with Crippen molar-refractivity contribution < 1.29 is 4.79 Å². The number of nitrogens with zero attached hydrogens (tertiary/aromatic N) is 1. The Hall–Kier alpha value is -1.94. The molecule has 2 aromatic rings. The van der Waals surface area contributed by atoms with Crippen LogP contribution in [0.3, 0.4) is 0 Å². The third-order valence-corrected chi connectivity index (χ3v) is 4.37. The smallest absolute Gasteiger partial charge is 0.244 e. The second-order valence-corrected chi connectivity index (χ2v) is 5.75. The van der Waals surface area contributed by atoms with Gasteiger partial charge in [-0.3, -0.25) is 9.78 Å². The summed E-state index contributed by atoms with van der Waals surface area (Å²) in [5, 5.41) is 7.48. The van der Waals surface area contributed by atoms with E-state index in [1.807, 2.05) is 37.3 Å². The lowest BCUT2D eigenvalue weighted by Gasteiger charge is -2.27. The highest BCUT2D eigenvalue weighted by Crippen LogP contribution is 2.28. The van der Waals surface area contributed by atoms with Crippen LogP contribution >= 0.6 is 0 Å². The highest BCUT2D eigenvalue weighted by atomic mass is 16.2. The largest absolute Gasteiger partial charge is 0.324 e. The minimum Gasteiger partial charge on any atom is -0.324 e. The van der Waals surface area contributed by atoms with Gasteiger partial charge in [0.05, 0.1) is 16.7 Å². The summed E-state index contributed by atoms with van der Waals surface area (Å²) >= 11 is 0. The number of para-hydroxylation sites is 1. The predicted molar refractivity (Wildman–Crippen MR) is 85.4 cm³/mol. The van der Waals surface area contributed by atoms with Gasteiger partial charge in [-0.1, -0.05) is 25.1 Å². The number of carbonyl (C=O) groups excluding carboxylic acids is 1. The van der Waals surface area contributed by atoms with E-state index in [4.69, 9.17) is 0 Å². The fraction of sp³-hybridized carbons (Fsp3) is 0.412. The number of aromatic nitrogens is 1. The molecule has 1 unspecified atom stereocenters. The summed E-state index contributed by atoms with van der Waals surface area (Å²) in [6.07, 6.45) is 2.76. The molecule has 0 saturated carbocycles. The quantitative estimate of drug-likeness (QED) is 0.910. The summed E-state index contributed by atoms with van der Waals surface area (Å²) in [7, 11) is 0. The summed E-state index contributed by atoms with van der Waals surface area (Å²) in [5.74, 6) is 0.0678. The van der Waals surface area contributed by atoms with Crippen LogP contribution in [0.25, 0.3) is 10.9 Å². The van der Waals surface area contributed by atoms with Crippen molar-refractivity contribution >= 4 is 22.5 Å². The van der Waals surface area contributed by atoms with Gasteiger partial charge in [0.1, 0.15) is 0 Å². The molecule has 1 aromatic carbocycles. The van der Waals surface area contributed by atoms with Gasteiger partial charge < -0.3 is 10.6 Å². The predicted octanol–water partition coefficient (Wildman–Crippen LogP) is 3.01. The van der Waals surface area contributed by atoms with Crippen molar-refractivity contribution in [2.45, 2.75) is 38.6 Å². The van der Waals surface area contributed by atoms with Crippen molar-refractivity contribution in [3.05, 3.63) is 36.0 Å². The number of rotatable bonds is 3. The minimum absolute atomic E-state index is 0.0678. The van der Waals surface area contributed by atoms with Crippen LogP contribution in [-0.2, 0) is 4.79 Å². The Bertz CT molecular complexity index is 675. The van der Waals surface area contributed by atoms with Crippen LogP contribution in [0.5, 0.6) is 0 Å². The Morgan fingerprint density at radius 3 is 2.95 bits per heavy atom. The van der Waals surface area contributed by atoms with Crippen LogP contribution in [0.4, 0.5) is 5.69 Å². The number of pyridine rings is 1. The first kappa shape index (κ1) is 14.0. The number of nitrogens with one attached hydrogen (secondary N) is 2. The topological polar surface area (TPSA) is 54.0 Å². The number of hydrogen-bond acceptors (Lipinski definition) is 3. The van der Waals surface area contributed by atoms with Crippen LogP contribution in [0.2, 0.25) is 0 Å². The number of fused-ring (bicyclic) bond motifs is 1. The van der Waals surface area contributed by atoms with Gasteiger partial charge in [-0.25, -0.2) is 0 Å². The van der Waals surface area contributed by atoms with Crippen molar-refractivity contribution in [2.24, 2.45) is 0 Å². The Labute approximate surface area is 125 Å². The van der Waals surface area contributed by atoms with E-state index in [1.165, 1.54) is 0 Å². The molecule has 0 aliphatic carbocycles. The maximum Gasteiger partial charge on any atom is 0.244 e. The number of hydrogen-bond donors (Lipinski definition) is 2. The molecule has 0 radical (unpaired) electrons. The average molecular weight is 283 g/mol. The van der Waals surface area contributed by atoms with Crippen molar-refractivity contribution in [2.75, 3.05) is 11.9 Å². The fourth-order valence-corrected chi connectivity index (χ4v) is 3.12. The van der Waals surface area contributed by atoms with Gasteiger partial charge in [0.25, 0.3) is 0 Å². The molecule has 1 aliphatic heterocycles. The molecular weight excluding hydrogens is 262 g/mol. The van der Waals surface area contributed by atoms with Crippen molar-refractivity contribution in [1.29, 1.82) is 0 Å². The van der Waals surface area contributed by atoms with E-state index in [2.05, 4.69) is 22.5 Å². The fourth-order valence-electron chi connectivity index (χ4n) is 3.12. The molecule has 0 bridgehead atoms. The zero-order valence-electron chi connectivity index (χ0n) is 12.6. The normalized spacial score (nSPS) is 21.6. The number of carbonyl (C=O) groups is 1. The molecule has 110 valence electrons. The lowest BCUT2D eigenvalue weighted by atomic mass is 9.93. The van der Waals surface area contributed by atoms with Crippen molar-refractivity contribution in [1.82, 2.24) is 10.3 Å². The molecule has 2 heterocycles. The number of aryl methyl sites for hydroxylation is 1. The molecule has 4 nitrogen and oxygen atoms in total. The maximum absolute atomic E-state index is 12.7. The Kier molecular flexibility index (Phi) is 3.64. The minimum atomic E-state index is -0.418. The first-order valence-electron chi connectivity index (χ1n) is 7.57. The van der Waals surface area contributed by atoms with E-state index in [1.54, 1.807) is 0 Å². The van der Waals surface area contributed by atoms with E-state index in [0.717, 1.165) is 48.1 Å². The van der Waals surface area contributed by atoms with Gasteiger partial charge in [-0.05, 0) is 44.9 Å². The highest BCUT2D eigenvalue weighted by molar-refractivity contribution is 6.04. The second kappa shape index (κ2) is 5.45. The van der Waals surface area contributed by atoms with E-state index in [0.29, 0.717) is 0 Å². The van der Waals surface area contributed by atoms with Gasteiger partial charge in [0.2, 0.25) is 5.91 Å². The average Bonchev–Trinajstić information content (AvgIpc) is 2.97. The Morgan fingerprint density at radius 2 is 2.24 bits per heavy atom. The van der Waals surface area contributed by atoms with Gasteiger partial charge >= 0.3 is 0 Å². The molecule has 1 fully saturated rings. The number of anilines is 1. The van der Waals surface area contributed by atoms with Crippen LogP contribution in [0.15, 0.2) is 30.3 Å². The zero-order valence-corrected chi connectivity index (χ0v) is 12.6. The molecule has 1 amide bonds.